The molecule has 3 atom stereocenters. The number of amides is 1. The van der Waals surface area contributed by atoms with Gasteiger partial charge >= 0.3 is 7.82 Å². The van der Waals surface area contributed by atoms with Crippen molar-refractivity contribution in [3.05, 3.63) is 24.3 Å². The van der Waals surface area contributed by atoms with Crippen LogP contribution in [0.4, 0.5) is 0 Å². The van der Waals surface area contributed by atoms with Gasteiger partial charge < -0.3 is 19.8 Å². The molecule has 0 aliphatic heterocycles. The molecule has 0 fully saturated rings. The number of aliphatic hydroxyl groups excluding tert-OH is 1. The van der Waals surface area contributed by atoms with Crippen molar-refractivity contribution in [2.75, 3.05) is 40.9 Å². The number of rotatable bonds is 53. The van der Waals surface area contributed by atoms with E-state index in [1.807, 2.05) is 27.2 Å². The van der Waals surface area contributed by atoms with E-state index < -0.39 is 20.0 Å². The predicted octanol–water partition coefficient (Wildman–Crippen LogP) is 17.2. The topological polar surface area (TPSA) is 105 Å². The third-order valence-corrected chi connectivity index (χ3v) is 14.2. The minimum absolute atomic E-state index is 0.0583. The fourth-order valence-electron chi connectivity index (χ4n) is 8.65. The van der Waals surface area contributed by atoms with Gasteiger partial charge in [0.05, 0.1) is 39.9 Å². The van der Waals surface area contributed by atoms with Gasteiger partial charge in [-0.05, 0) is 32.1 Å². The molecule has 3 unspecified atom stereocenters. The molecule has 0 aromatic heterocycles. The first-order valence-corrected chi connectivity index (χ1v) is 30.2. The third kappa shape index (κ3) is 50.8. The number of allylic oxidation sites excluding steroid dienone is 3. The summed E-state index contributed by atoms with van der Waals surface area (Å²) in [4.78, 5) is 23.2. The van der Waals surface area contributed by atoms with Crippen LogP contribution in [-0.4, -0.2) is 73.4 Å². The number of unbranched alkanes of at least 4 members (excludes halogenated alkanes) is 38. The van der Waals surface area contributed by atoms with Gasteiger partial charge in [0, 0.05) is 6.42 Å². The fraction of sp³-hybridized carbons (Fsp3) is 0.912. The second kappa shape index (κ2) is 49.0. The van der Waals surface area contributed by atoms with Crippen LogP contribution in [0.5, 0.6) is 0 Å². The Bertz CT molecular complexity index is 1130. The standard InChI is InChI=1S/C57H113N2O6P/c1-6-8-10-12-14-16-18-19-20-21-22-23-24-25-26-27-28-29-30-31-32-33-34-35-36-37-38-39-41-43-45-47-49-51-57(61)58-55(54-65-66(62,63)64-53-52-59(3,4)5)56(60)50-48-46-44-42-40-17-15-13-11-9-7-2/h40,42,48,50,55-56,60H,6-39,41,43-47,49,51-54H2,1-5H3,(H-,58,61,62,63)/p+1/b42-40+,50-48+. The average molecular weight is 955 g/mol. The van der Waals surface area contributed by atoms with Crippen molar-refractivity contribution in [1.82, 2.24) is 5.32 Å². The van der Waals surface area contributed by atoms with Crippen LogP contribution in [0.2, 0.25) is 0 Å². The molecule has 0 bridgehead atoms. The lowest BCUT2D eigenvalue weighted by Crippen LogP contribution is -2.45. The number of carbonyl (C=O) groups is 1. The summed E-state index contributed by atoms with van der Waals surface area (Å²) in [5.74, 6) is -0.183. The lowest BCUT2D eigenvalue weighted by Gasteiger charge is -2.25. The normalized spacial score (nSPS) is 14.1. The molecule has 0 aliphatic rings. The minimum Gasteiger partial charge on any atom is -0.387 e. The third-order valence-electron chi connectivity index (χ3n) is 13.2. The number of phosphoric ester groups is 1. The van der Waals surface area contributed by atoms with Gasteiger partial charge in [-0.1, -0.05) is 269 Å². The van der Waals surface area contributed by atoms with Gasteiger partial charge in [0.25, 0.3) is 0 Å². The molecule has 0 radical (unpaired) electrons. The maximum atomic E-state index is 12.9. The van der Waals surface area contributed by atoms with Crippen LogP contribution >= 0.6 is 7.82 Å². The van der Waals surface area contributed by atoms with Crippen LogP contribution in [0, 0.1) is 0 Å². The van der Waals surface area contributed by atoms with Gasteiger partial charge in [-0.3, -0.25) is 13.8 Å². The Kier molecular flexibility index (Phi) is 48.2. The number of likely N-dealkylation sites (N-methyl/N-ethyl adjacent to an activating group) is 1. The maximum Gasteiger partial charge on any atom is 0.472 e. The average Bonchev–Trinajstić information content (AvgIpc) is 3.28. The van der Waals surface area contributed by atoms with Crippen molar-refractivity contribution in [2.45, 2.75) is 296 Å². The van der Waals surface area contributed by atoms with Crippen LogP contribution in [0.25, 0.3) is 0 Å². The van der Waals surface area contributed by atoms with E-state index in [1.165, 1.54) is 225 Å². The molecule has 0 saturated carbocycles. The highest BCUT2D eigenvalue weighted by molar-refractivity contribution is 7.47. The lowest BCUT2D eigenvalue weighted by atomic mass is 10.0. The Morgan fingerprint density at radius 2 is 0.833 bits per heavy atom. The van der Waals surface area contributed by atoms with Crippen molar-refractivity contribution < 1.29 is 32.9 Å². The van der Waals surface area contributed by atoms with Gasteiger partial charge in [-0.25, -0.2) is 4.57 Å². The van der Waals surface area contributed by atoms with Crippen molar-refractivity contribution in [2.24, 2.45) is 0 Å². The van der Waals surface area contributed by atoms with Crippen LogP contribution in [-0.2, 0) is 18.4 Å². The van der Waals surface area contributed by atoms with Gasteiger partial charge in [-0.15, -0.1) is 0 Å². The number of quaternary nitrogens is 1. The highest BCUT2D eigenvalue weighted by atomic mass is 31.2. The number of hydrogen-bond donors (Lipinski definition) is 3. The second-order valence-electron chi connectivity index (χ2n) is 21.0. The molecule has 0 aliphatic carbocycles. The molecular formula is C57H114N2O6P+. The van der Waals surface area contributed by atoms with Gasteiger partial charge in [0.15, 0.2) is 0 Å². The van der Waals surface area contributed by atoms with E-state index in [4.69, 9.17) is 9.05 Å². The second-order valence-corrected chi connectivity index (χ2v) is 22.5. The Morgan fingerprint density at radius 3 is 1.21 bits per heavy atom. The number of nitrogens with one attached hydrogen (secondary N) is 1. The van der Waals surface area contributed by atoms with Crippen molar-refractivity contribution in [1.29, 1.82) is 0 Å². The molecule has 1 amide bonds. The molecule has 0 aromatic carbocycles. The van der Waals surface area contributed by atoms with Crippen molar-refractivity contribution >= 4 is 13.7 Å². The SMILES string of the molecule is CCCCCCC/C=C/CC/C=C/C(O)C(COP(=O)(O)OCC[N+](C)(C)C)NC(=O)CCCCCCCCCCCCCCCCCCCCCCCCCCCCCCCCCCC. The molecule has 0 heterocycles. The van der Waals surface area contributed by atoms with E-state index in [0.717, 1.165) is 38.5 Å². The van der Waals surface area contributed by atoms with E-state index in [0.29, 0.717) is 17.4 Å². The quantitative estimate of drug-likeness (QED) is 0.0243. The van der Waals surface area contributed by atoms with Crippen LogP contribution in [0.3, 0.4) is 0 Å². The van der Waals surface area contributed by atoms with Crippen molar-refractivity contribution in [3.63, 3.8) is 0 Å². The molecule has 9 heteroatoms. The first-order valence-electron chi connectivity index (χ1n) is 28.7. The molecule has 0 rings (SSSR count). The molecular weight excluding hydrogens is 840 g/mol. The fourth-order valence-corrected chi connectivity index (χ4v) is 9.38. The van der Waals surface area contributed by atoms with E-state index in [1.54, 1.807) is 6.08 Å². The molecule has 3 N–H and O–H groups in total. The monoisotopic (exact) mass is 954 g/mol. The highest BCUT2D eigenvalue weighted by Gasteiger charge is 2.27. The van der Waals surface area contributed by atoms with E-state index in [2.05, 4.69) is 31.3 Å². The van der Waals surface area contributed by atoms with E-state index in [9.17, 15) is 19.4 Å². The minimum atomic E-state index is -4.34. The Labute approximate surface area is 411 Å². The van der Waals surface area contributed by atoms with Gasteiger partial charge in [0.1, 0.15) is 13.2 Å². The smallest absolute Gasteiger partial charge is 0.387 e. The van der Waals surface area contributed by atoms with Crippen LogP contribution in [0.15, 0.2) is 24.3 Å². The zero-order chi connectivity index (χ0) is 48.5. The first-order chi connectivity index (χ1) is 32.0. The first kappa shape index (κ1) is 65.0. The van der Waals surface area contributed by atoms with Crippen LogP contribution < -0.4 is 5.32 Å². The summed E-state index contributed by atoms with van der Waals surface area (Å²) in [6.45, 7) is 4.80. The van der Waals surface area contributed by atoms with Gasteiger partial charge in [0.2, 0.25) is 5.91 Å². The summed E-state index contributed by atoms with van der Waals surface area (Å²) >= 11 is 0. The van der Waals surface area contributed by atoms with Gasteiger partial charge in [-0.2, -0.15) is 0 Å². The largest absolute Gasteiger partial charge is 0.472 e. The molecule has 0 aromatic rings. The predicted molar refractivity (Wildman–Crippen MR) is 286 cm³/mol. The molecule has 0 saturated heterocycles. The highest BCUT2D eigenvalue weighted by Crippen LogP contribution is 2.43. The number of aliphatic hydroxyl groups is 1. The summed E-state index contributed by atoms with van der Waals surface area (Å²) in [5, 5.41) is 13.8. The maximum absolute atomic E-state index is 12.9. The summed E-state index contributed by atoms with van der Waals surface area (Å²) in [6, 6.07) is -0.858. The summed E-state index contributed by atoms with van der Waals surface area (Å²) < 4.78 is 23.6. The summed E-state index contributed by atoms with van der Waals surface area (Å²) in [7, 11) is 1.56. The van der Waals surface area contributed by atoms with Crippen molar-refractivity contribution in [3.8, 4) is 0 Å². The molecule has 66 heavy (non-hydrogen) atoms. The summed E-state index contributed by atoms with van der Waals surface area (Å²) in [6.07, 6.45) is 61.7. The zero-order valence-corrected chi connectivity index (χ0v) is 45.6. The molecule has 392 valence electrons. The van der Waals surface area contributed by atoms with E-state index >= 15 is 0 Å². The number of nitrogens with zero attached hydrogens (tertiary/aromatic N) is 1. The Balaban J connectivity index is 3.93. The molecule has 0 spiro atoms. The Hall–Kier alpha value is -1.02. The Morgan fingerprint density at radius 1 is 0.500 bits per heavy atom. The summed E-state index contributed by atoms with van der Waals surface area (Å²) in [5.41, 5.74) is 0. The number of carbonyl (C=O) groups excluding carboxylic acids is 1. The number of phosphoric acid groups is 1. The molecule has 8 nitrogen and oxygen atoms in total. The van der Waals surface area contributed by atoms with E-state index in [-0.39, 0.29) is 19.1 Å². The number of hydrogen-bond acceptors (Lipinski definition) is 5. The lowest BCUT2D eigenvalue weighted by molar-refractivity contribution is -0.870. The zero-order valence-electron chi connectivity index (χ0n) is 44.7. The van der Waals surface area contributed by atoms with Crippen LogP contribution in [0.1, 0.15) is 284 Å².